The van der Waals surface area contributed by atoms with Gasteiger partial charge in [-0.15, -0.1) is 0 Å². The molecule has 4 N–H and O–H groups in total. The van der Waals surface area contributed by atoms with E-state index in [2.05, 4.69) is 21.3 Å². The Morgan fingerprint density at radius 1 is 0.769 bits per heavy atom. The van der Waals surface area contributed by atoms with Crippen molar-refractivity contribution in [3.05, 3.63) is 71.3 Å². The van der Waals surface area contributed by atoms with Crippen LogP contribution in [0.4, 0.5) is 0 Å². The lowest BCUT2D eigenvalue weighted by Gasteiger charge is -2.31. The quantitative estimate of drug-likeness (QED) is 0.328. The van der Waals surface area contributed by atoms with Gasteiger partial charge in [0.2, 0.25) is 17.6 Å². The summed E-state index contributed by atoms with van der Waals surface area (Å²) in [7, 11) is 0. The zero-order valence-electron chi connectivity index (χ0n) is 23.8. The van der Waals surface area contributed by atoms with Crippen LogP contribution in [-0.2, 0) is 25.7 Å². The lowest BCUT2D eigenvalue weighted by molar-refractivity contribution is -0.141. The van der Waals surface area contributed by atoms with Crippen molar-refractivity contribution in [3.63, 3.8) is 0 Å². The van der Waals surface area contributed by atoms with E-state index in [4.69, 9.17) is 0 Å². The number of carbonyl (C=O) groups excluding carboxylic acids is 5. The second-order valence-electron chi connectivity index (χ2n) is 11.1. The minimum Gasteiger partial charge on any atom is -0.345 e. The SMILES string of the molecule is Cc1ccc(CNC(=O)C(=O)[C@@H](NC(=O)[C@H](C)NC(=O)[C@@H](NC(=O)c2ccccc2)C(C)(C)C)C(C)C)cc1. The molecule has 0 bridgehead atoms. The molecular formula is C30H40N4O5. The van der Waals surface area contributed by atoms with Crippen molar-refractivity contribution in [2.24, 2.45) is 11.3 Å². The summed E-state index contributed by atoms with van der Waals surface area (Å²) >= 11 is 0. The first kappa shape index (κ1) is 31.2. The Labute approximate surface area is 230 Å². The molecule has 0 saturated carbocycles. The summed E-state index contributed by atoms with van der Waals surface area (Å²) in [6.07, 6.45) is 0. The van der Waals surface area contributed by atoms with Crippen LogP contribution in [-0.4, -0.2) is 47.5 Å². The molecule has 3 atom stereocenters. The molecule has 0 aliphatic heterocycles. The Kier molecular flexibility index (Phi) is 11.0. The third-order valence-corrected chi connectivity index (χ3v) is 6.24. The third-order valence-electron chi connectivity index (χ3n) is 6.24. The molecule has 9 heteroatoms. The maximum Gasteiger partial charge on any atom is 0.289 e. The fraction of sp³-hybridized carbons (Fsp3) is 0.433. The number of Topliss-reactive ketones (excluding diaryl/α,β-unsaturated/α-hetero) is 1. The molecule has 9 nitrogen and oxygen atoms in total. The van der Waals surface area contributed by atoms with Crippen molar-refractivity contribution in [2.45, 2.75) is 73.1 Å². The average molecular weight is 537 g/mol. The van der Waals surface area contributed by atoms with Crippen molar-refractivity contribution in [2.75, 3.05) is 0 Å². The van der Waals surface area contributed by atoms with Gasteiger partial charge in [0.05, 0.1) is 6.04 Å². The molecule has 0 radical (unpaired) electrons. The number of hydrogen-bond donors (Lipinski definition) is 4. The predicted molar refractivity (Wildman–Crippen MR) is 150 cm³/mol. The second-order valence-corrected chi connectivity index (χ2v) is 11.1. The van der Waals surface area contributed by atoms with Gasteiger partial charge in [0.25, 0.3) is 11.8 Å². The Morgan fingerprint density at radius 2 is 1.36 bits per heavy atom. The van der Waals surface area contributed by atoms with Gasteiger partial charge in [-0.1, -0.05) is 82.6 Å². The van der Waals surface area contributed by atoms with E-state index in [1.54, 1.807) is 65.0 Å². The Morgan fingerprint density at radius 3 is 1.90 bits per heavy atom. The Hall–Kier alpha value is -4.01. The number of aryl methyl sites for hydroxylation is 1. The molecule has 2 rings (SSSR count). The molecule has 0 spiro atoms. The van der Waals surface area contributed by atoms with Crippen molar-refractivity contribution >= 4 is 29.4 Å². The molecule has 2 aromatic carbocycles. The van der Waals surface area contributed by atoms with Crippen molar-refractivity contribution in [3.8, 4) is 0 Å². The van der Waals surface area contributed by atoms with Crippen molar-refractivity contribution in [1.82, 2.24) is 21.3 Å². The molecule has 2 aromatic rings. The van der Waals surface area contributed by atoms with Gasteiger partial charge in [0.1, 0.15) is 12.1 Å². The third kappa shape index (κ3) is 9.35. The van der Waals surface area contributed by atoms with Gasteiger partial charge >= 0.3 is 0 Å². The van der Waals surface area contributed by atoms with Crippen LogP contribution in [0.15, 0.2) is 54.6 Å². The number of rotatable bonds is 11. The molecule has 0 aliphatic rings. The smallest absolute Gasteiger partial charge is 0.289 e. The summed E-state index contributed by atoms with van der Waals surface area (Å²) in [5.74, 6) is -3.53. The van der Waals surface area contributed by atoms with E-state index in [1.165, 1.54) is 6.92 Å². The van der Waals surface area contributed by atoms with Gasteiger partial charge in [-0.25, -0.2) is 0 Å². The molecule has 0 fully saturated rings. The molecule has 0 heterocycles. The van der Waals surface area contributed by atoms with Crippen LogP contribution in [0.2, 0.25) is 0 Å². The van der Waals surface area contributed by atoms with Crippen molar-refractivity contribution in [1.29, 1.82) is 0 Å². The second kappa shape index (κ2) is 13.7. The number of benzene rings is 2. The van der Waals surface area contributed by atoms with Crippen LogP contribution in [0.1, 0.15) is 63.0 Å². The normalized spacial score (nSPS) is 13.5. The summed E-state index contributed by atoms with van der Waals surface area (Å²) in [6.45, 7) is 12.4. The highest BCUT2D eigenvalue weighted by Crippen LogP contribution is 2.20. The van der Waals surface area contributed by atoms with E-state index in [0.717, 1.165) is 11.1 Å². The van der Waals surface area contributed by atoms with Gasteiger partial charge in [-0.2, -0.15) is 0 Å². The number of ketones is 1. The van der Waals surface area contributed by atoms with E-state index < -0.39 is 53.0 Å². The molecule has 0 aliphatic carbocycles. The summed E-state index contributed by atoms with van der Waals surface area (Å²) in [6, 6.07) is 13.0. The van der Waals surface area contributed by atoms with E-state index in [0.29, 0.717) is 5.56 Å². The van der Waals surface area contributed by atoms with E-state index in [-0.39, 0.29) is 12.5 Å². The number of nitrogens with one attached hydrogen (secondary N) is 4. The van der Waals surface area contributed by atoms with Gasteiger partial charge in [-0.3, -0.25) is 24.0 Å². The first-order chi connectivity index (χ1) is 18.2. The summed E-state index contributed by atoms with van der Waals surface area (Å²) in [5, 5.41) is 10.6. The van der Waals surface area contributed by atoms with Crippen LogP contribution in [0.25, 0.3) is 0 Å². The zero-order chi connectivity index (χ0) is 29.3. The van der Waals surface area contributed by atoms with Gasteiger partial charge in [0, 0.05) is 12.1 Å². The zero-order valence-corrected chi connectivity index (χ0v) is 23.8. The number of amides is 4. The highest BCUT2D eigenvalue weighted by Gasteiger charge is 2.35. The lowest BCUT2D eigenvalue weighted by Crippen LogP contribution is -2.59. The van der Waals surface area contributed by atoms with E-state index in [9.17, 15) is 24.0 Å². The monoisotopic (exact) mass is 536 g/mol. The molecule has 0 saturated heterocycles. The van der Waals surface area contributed by atoms with Gasteiger partial charge in [-0.05, 0) is 42.9 Å². The Balaban J connectivity index is 2.02. The highest BCUT2D eigenvalue weighted by atomic mass is 16.2. The van der Waals surface area contributed by atoms with Crippen LogP contribution in [0, 0.1) is 18.3 Å². The van der Waals surface area contributed by atoms with Crippen LogP contribution in [0.3, 0.4) is 0 Å². The maximum absolute atomic E-state index is 13.1. The number of hydrogen-bond acceptors (Lipinski definition) is 5. The average Bonchev–Trinajstić information content (AvgIpc) is 2.88. The van der Waals surface area contributed by atoms with Crippen LogP contribution >= 0.6 is 0 Å². The highest BCUT2D eigenvalue weighted by molar-refractivity contribution is 6.38. The Bertz CT molecular complexity index is 1170. The molecular weight excluding hydrogens is 496 g/mol. The summed E-state index contributed by atoms with van der Waals surface area (Å²) in [5.41, 5.74) is 1.68. The summed E-state index contributed by atoms with van der Waals surface area (Å²) < 4.78 is 0. The van der Waals surface area contributed by atoms with Gasteiger partial charge < -0.3 is 21.3 Å². The minimum absolute atomic E-state index is 0.180. The largest absolute Gasteiger partial charge is 0.345 e. The predicted octanol–water partition coefficient (Wildman–Crippen LogP) is 2.67. The van der Waals surface area contributed by atoms with E-state index >= 15 is 0 Å². The van der Waals surface area contributed by atoms with Crippen molar-refractivity contribution < 1.29 is 24.0 Å². The fourth-order valence-electron chi connectivity index (χ4n) is 3.77. The molecule has 4 amide bonds. The van der Waals surface area contributed by atoms with Crippen LogP contribution in [0.5, 0.6) is 0 Å². The van der Waals surface area contributed by atoms with Gasteiger partial charge in [0.15, 0.2) is 0 Å². The lowest BCUT2D eigenvalue weighted by atomic mass is 9.85. The first-order valence-corrected chi connectivity index (χ1v) is 13.0. The van der Waals surface area contributed by atoms with E-state index in [1.807, 2.05) is 31.2 Å². The fourth-order valence-corrected chi connectivity index (χ4v) is 3.77. The van der Waals surface area contributed by atoms with Crippen LogP contribution < -0.4 is 21.3 Å². The summed E-state index contributed by atoms with van der Waals surface area (Å²) in [4.78, 5) is 64.2. The standard InChI is InChI=1S/C30H40N4O5/c1-18(2)23(24(35)28(38)31-17-21-15-13-19(3)14-16-21)33-26(36)20(4)32-29(39)25(30(5,6)7)34-27(37)22-11-9-8-10-12-22/h8-16,18,20,23,25H,17H2,1-7H3,(H,31,38)(H,32,39)(H,33,36)(H,34,37)/t20-,23-,25+/m0/s1. The molecule has 210 valence electrons. The molecule has 0 aromatic heterocycles. The number of carbonyl (C=O) groups is 5. The topological polar surface area (TPSA) is 133 Å². The maximum atomic E-state index is 13.1. The first-order valence-electron chi connectivity index (χ1n) is 13.0. The molecule has 0 unspecified atom stereocenters. The molecule has 39 heavy (non-hydrogen) atoms. The minimum atomic E-state index is -1.08.